The largest absolute Gasteiger partial charge is 0.351 e. The molecule has 3 amide bonds. The first-order valence-corrected chi connectivity index (χ1v) is 8.19. The molecule has 0 aromatic heterocycles. The smallest absolute Gasteiger partial charge is 0.259 e. The van der Waals surface area contributed by atoms with Crippen molar-refractivity contribution in [2.45, 2.75) is 18.2 Å². The number of thioether (sulfide) groups is 1. The number of nitrogens with one attached hydrogen (secondary N) is 2. The highest BCUT2D eigenvalue weighted by Gasteiger charge is 2.27. The molecule has 1 aromatic rings. The Morgan fingerprint density at radius 2 is 2.17 bits per heavy atom. The van der Waals surface area contributed by atoms with Crippen LogP contribution in [0.2, 0.25) is 0 Å². The molecule has 8 heteroatoms. The molecule has 1 atom stereocenters. The highest BCUT2D eigenvalue weighted by Crippen LogP contribution is 2.22. The summed E-state index contributed by atoms with van der Waals surface area (Å²) in [6, 6.07) is 4.42. The number of aliphatic imine (C=N–C) groups is 1. The topological polar surface area (TPSA) is 87.6 Å². The van der Waals surface area contributed by atoms with Crippen molar-refractivity contribution in [1.29, 1.82) is 0 Å². The number of rotatable bonds is 5. The molecule has 0 fully saturated rings. The number of amidine groups is 1. The lowest BCUT2D eigenvalue weighted by Gasteiger charge is -2.17. The maximum atomic E-state index is 13.8. The van der Waals surface area contributed by atoms with Crippen LogP contribution in [0, 0.1) is 11.7 Å². The van der Waals surface area contributed by atoms with Gasteiger partial charge in [0.1, 0.15) is 17.6 Å². The van der Waals surface area contributed by atoms with Gasteiger partial charge in [-0.05, 0) is 25.3 Å². The zero-order valence-electron chi connectivity index (χ0n) is 12.7. The van der Waals surface area contributed by atoms with E-state index in [1.165, 1.54) is 30.8 Å². The minimum atomic E-state index is -0.795. The second kappa shape index (κ2) is 7.36. The first-order chi connectivity index (χ1) is 10.9. The minimum absolute atomic E-state index is 0.0145. The van der Waals surface area contributed by atoms with Gasteiger partial charge in [-0.25, -0.2) is 4.39 Å². The van der Waals surface area contributed by atoms with E-state index in [0.29, 0.717) is 4.90 Å². The van der Waals surface area contributed by atoms with Gasteiger partial charge in [0.2, 0.25) is 5.91 Å². The van der Waals surface area contributed by atoms with Gasteiger partial charge in [0.25, 0.3) is 11.8 Å². The normalized spacial score (nSPS) is 17.5. The zero-order chi connectivity index (χ0) is 17.0. The predicted molar refractivity (Wildman–Crippen MR) is 84.9 cm³/mol. The van der Waals surface area contributed by atoms with Crippen LogP contribution in [0.15, 0.2) is 28.1 Å². The Labute approximate surface area is 136 Å². The maximum absolute atomic E-state index is 13.8. The number of carbonyl (C=O) groups is 3. The standard InChI is InChI=1S/C15H16FN3O3S/c1-8-13(20)18-11(19-14(8)21)6-7-17-15(22)12-9(16)4-3-5-10(12)23-2/h3-5,8H,6-7H2,1-2H3,(H,17,22)(H,18,19,20,21). The molecule has 0 aliphatic carbocycles. The highest BCUT2D eigenvalue weighted by molar-refractivity contribution is 7.98. The summed E-state index contributed by atoms with van der Waals surface area (Å²) in [5.41, 5.74) is -0.0145. The molecule has 122 valence electrons. The molecular formula is C15H16FN3O3S. The third-order valence-electron chi connectivity index (χ3n) is 3.35. The Hall–Kier alpha value is -2.22. The first-order valence-electron chi connectivity index (χ1n) is 6.97. The molecule has 2 rings (SSSR count). The molecule has 1 aliphatic rings. The Bertz CT molecular complexity index is 691. The molecule has 1 aromatic carbocycles. The van der Waals surface area contributed by atoms with E-state index in [1.807, 2.05) is 0 Å². The quantitative estimate of drug-likeness (QED) is 0.627. The fraction of sp³-hybridized carbons (Fsp3) is 0.333. The first kappa shape index (κ1) is 17.1. The minimum Gasteiger partial charge on any atom is -0.351 e. The van der Waals surface area contributed by atoms with Crippen molar-refractivity contribution in [3.63, 3.8) is 0 Å². The lowest BCUT2D eigenvalue weighted by Crippen LogP contribution is -2.44. The number of hydrogen-bond acceptors (Lipinski definition) is 4. The van der Waals surface area contributed by atoms with Crippen LogP contribution < -0.4 is 10.6 Å². The van der Waals surface area contributed by atoms with Gasteiger partial charge in [-0.3, -0.25) is 14.4 Å². The Morgan fingerprint density at radius 1 is 1.43 bits per heavy atom. The molecular weight excluding hydrogens is 321 g/mol. The van der Waals surface area contributed by atoms with E-state index in [-0.39, 0.29) is 24.4 Å². The lowest BCUT2D eigenvalue weighted by atomic mass is 10.1. The monoisotopic (exact) mass is 337 g/mol. The molecule has 23 heavy (non-hydrogen) atoms. The van der Waals surface area contributed by atoms with Crippen molar-refractivity contribution >= 4 is 35.3 Å². The van der Waals surface area contributed by atoms with Crippen molar-refractivity contribution < 1.29 is 18.8 Å². The van der Waals surface area contributed by atoms with E-state index in [9.17, 15) is 18.8 Å². The van der Waals surface area contributed by atoms with Crippen LogP contribution in [0.4, 0.5) is 4.39 Å². The van der Waals surface area contributed by atoms with Crippen molar-refractivity contribution in [3.05, 3.63) is 29.6 Å². The predicted octanol–water partition coefficient (Wildman–Crippen LogP) is 1.36. The van der Waals surface area contributed by atoms with Crippen LogP contribution >= 0.6 is 11.8 Å². The summed E-state index contributed by atoms with van der Waals surface area (Å²) in [6.07, 6.45) is 1.93. The molecule has 1 aliphatic heterocycles. The average Bonchev–Trinajstić information content (AvgIpc) is 2.51. The summed E-state index contributed by atoms with van der Waals surface area (Å²) in [5.74, 6) is -2.65. The van der Waals surface area contributed by atoms with E-state index >= 15 is 0 Å². The average molecular weight is 337 g/mol. The Kier molecular flexibility index (Phi) is 5.49. The molecule has 0 unspecified atom stereocenters. The van der Waals surface area contributed by atoms with Gasteiger partial charge in [-0.2, -0.15) is 4.99 Å². The van der Waals surface area contributed by atoms with E-state index in [2.05, 4.69) is 15.6 Å². The van der Waals surface area contributed by atoms with Crippen molar-refractivity contribution in [3.8, 4) is 0 Å². The Balaban J connectivity index is 1.97. The summed E-state index contributed by atoms with van der Waals surface area (Å²) in [7, 11) is 0. The molecule has 0 saturated carbocycles. The van der Waals surface area contributed by atoms with Crippen LogP contribution in [-0.2, 0) is 9.59 Å². The van der Waals surface area contributed by atoms with Gasteiger partial charge < -0.3 is 10.6 Å². The third kappa shape index (κ3) is 3.95. The van der Waals surface area contributed by atoms with Crippen molar-refractivity contribution in [1.82, 2.24) is 10.6 Å². The van der Waals surface area contributed by atoms with E-state index in [0.717, 1.165) is 0 Å². The zero-order valence-corrected chi connectivity index (χ0v) is 13.5. The number of halogens is 1. The van der Waals surface area contributed by atoms with Crippen LogP contribution in [0.25, 0.3) is 0 Å². The van der Waals surface area contributed by atoms with Gasteiger partial charge >= 0.3 is 0 Å². The summed E-state index contributed by atoms with van der Waals surface area (Å²) in [5, 5.41) is 5.07. The molecule has 0 saturated heterocycles. The van der Waals surface area contributed by atoms with Crippen LogP contribution in [0.1, 0.15) is 23.7 Å². The fourth-order valence-corrected chi connectivity index (χ4v) is 2.63. The van der Waals surface area contributed by atoms with E-state index < -0.39 is 29.5 Å². The van der Waals surface area contributed by atoms with E-state index in [4.69, 9.17) is 0 Å². The summed E-state index contributed by atoms with van der Waals surface area (Å²) >= 11 is 1.27. The molecule has 0 spiro atoms. The third-order valence-corrected chi connectivity index (χ3v) is 4.13. The van der Waals surface area contributed by atoms with Gasteiger partial charge in [0.15, 0.2) is 0 Å². The highest BCUT2D eigenvalue weighted by atomic mass is 32.2. The fourth-order valence-electron chi connectivity index (χ4n) is 2.02. The van der Waals surface area contributed by atoms with Crippen LogP contribution in [0.5, 0.6) is 0 Å². The molecule has 2 N–H and O–H groups in total. The van der Waals surface area contributed by atoms with Gasteiger partial charge in [-0.1, -0.05) is 6.07 Å². The maximum Gasteiger partial charge on any atom is 0.259 e. The summed E-state index contributed by atoms with van der Waals surface area (Å²) in [4.78, 5) is 39.4. The van der Waals surface area contributed by atoms with Crippen LogP contribution in [-0.4, -0.2) is 36.4 Å². The number of amides is 3. The molecule has 6 nitrogen and oxygen atoms in total. The van der Waals surface area contributed by atoms with Crippen LogP contribution in [0.3, 0.4) is 0 Å². The number of benzene rings is 1. The second-order valence-electron chi connectivity index (χ2n) is 4.93. The van der Waals surface area contributed by atoms with Gasteiger partial charge in [-0.15, -0.1) is 11.8 Å². The van der Waals surface area contributed by atoms with Gasteiger partial charge in [0, 0.05) is 17.9 Å². The molecule has 0 bridgehead atoms. The number of hydrogen-bond donors (Lipinski definition) is 2. The second-order valence-corrected chi connectivity index (χ2v) is 5.78. The molecule has 0 radical (unpaired) electrons. The number of carbonyl (C=O) groups excluding carboxylic acids is 3. The molecule has 1 heterocycles. The lowest BCUT2D eigenvalue weighted by molar-refractivity contribution is -0.132. The van der Waals surface area contributed by atoms with Crippen molar-refractivity contribution in [2.24, 2.45) is 10.9 Å². The van der Waals surface area contributed by atoms with E-state index in [1.54, 1.807) is 12.3 Å². The SMILES string of the molecule is CSc1cccc(F)c1C(=O)NCCC1=NC(=O)[C@@H](C)C(=O)N1. The summed E-state index contributed by atoms with van der Waals surface area (Å²) < 4.78 is 13.8. The number of nitrogens with zero attached hydrogens (tertiary/aromatic N) is 1. The Morgan fingerprint density at radius 3 is 2.83 bits per heavy atom. The summed E-state index contributed by atoms with van der Waals surface area (Å²) in [6.45, 7) is 1.60. The van der Waals surface area contributed by atoms with Gasteiger partial charge in [0.05, 0.1) is 5.56 Å². The van der Waals surface area contributed by atoms with Crippen molar-refractivity contribution in [2.75, 3.05) is 12.8 Å².